The highest BCUT2D eigenvalue weighted by atomic mass is 19.1. The summed E-state index contributed by atoms with van der Waals surface area (Å²) in [7, 11) is 3.00. The summed E-state index contributed by atoms with van der Waals surface area (Å²) in [6, 6.07) is 13.0. The van der Waals surface area contributed by atoms with Gasteiger partial charge in [0.15, 0.2) is 24.7 Å². The van der Waals surface area contributed by atoms with Crippen LogP contribution in [0.3, 0.4) is 0 Å². The van der Waals surface area contributed by atoms with Crippen molar-refractivity contribution in [3.63, 3.8) is 0 Å². The van der Waals surface area contributed by atoms with Gasteiger partial charge in [0, 0.05) is 19.2 Å². The molecular weight excluding hydrogens is 341 g/mol. The van der Waals surface area contributed by atoms with Crippen LogP contribution in [-0.2, 0) is 20.9 Å². The fourth-order valence-corrected chi connectivity index (χ4v) is 2.14. The number of ether oxygens (including phenoxy) is 3. The lowest BCUT2D eigenvalue weighted by Crippen LogP contribution is -2.31. The lowest BCUT2D eigenvalue weighted by molar-refractivity contribution is -0.153. The highest BCUT2D eigenvalue weighted by Crippen LogP contribution is 2.25. The van der Waals surface area contributed by atoms with Gasteiger partial charge in [-0.3, -0.25) is 4.79 Å². The van der Waals surface area contributed by atoms with Gasteiger partial charge >= 0.3 is 5.97 Å². The van der Waals surface area contributed by atoms with Gasteiger partial charge in [0.05, 0.1) is 7.11 Å². The molecule has 1 amide bonds. The van der Waals surface area contributed by atoms with Crippen LogP contribution in [0, 0.1) is 5.82 Å². The van der Waals surface area contributed by atoms with Gasteiger partial charge in [-0.1, -0.05) is 30.3 Å². The van der Waals surface area contributed by atoms with E-state index in [0.29, 0.717) is 17.1 Å². The zero-order valence-corrected chi connectivity index (χ0v) is 14.6. The number of carbonyl (C=O) groups is 2. The second-order valence-corrected chi connectivity index (χ2v) is 5.44. The Bertz CT molecular complexity index is 765. The number of rotatable bonds is 8. The van der Waals surface area contributed by atoms with Crippen LogP contribution in [0.25, 0.3) is 0 Å². The van der Waals surface area contributed by atoms with Gasteiger partial charge < -0.3 is 19.1 Å². The van der Waals surface area contributed by atoms with Crippen molar-refractivity contribution >= 4 is 11.9 Å². The first-order chi connectivity index (χ1) is 12.5. The lowest BCUT2D eigenvalue weighted by atomic mass is 10.2. The molecule has 0 radical (unpaired) electrons. The molecule has 0 saturated carbocycles. The molecule has 7 heteroatoms. The minimum atomic E-state index is -0.691. The molecule has 0 fully saturated rings. The number of likely N-dealkylation sites (N-methyl/N-ethyl adjacent to an activating group) is 1. The number of amides is 1. The fraction of sp³-hybridized carbons (Fsp3) is 0.263. The molecule has 6 nitrogen and oxygen atoms in total. The van der Waals surface area contributed by atoms with Gasteiger partial charge in [0.1, 0.15) is 5.82 Å². The van der Waals surface area contributed by atoms with Crippen LogP contribution in [-0.4, -0.2) is 44.1 Å². The third-order valence-electron chi connectivity index (χ3n) is 3.56. The molecule has 0 bridgehead atoms. The average Bonchev–Trinajstić information content (AvgIpc) is 2.66. The summed E-state index contributed by atoms with van der Waals surface area (Å²) in [4.78, 5) is 25.0. The SMILES string of the molecule is COc1ccccc1OCC(=O)OCC(=O)N(C)Cc1ccccc1F. The van der Waals surface area contributed by atoms with Crippen molar-refractivity contribution in [2.24, 2.45) is 0 Å². The van der Waals surface area contributed by atoms with Crippen molar-refractivity contribution in [1.29, 1.82) is 0 Å². The second kappa shape index (κ2) is 9.41. The molecule has 0 aliphatic rings. The molecule has 0 saturated heterocycles. The van der Waals surface area contributed by atoms with Crippen LogP contribution >= 0.6 is 0 Å². The first kappa shape index (κ1) is 19.2. The zero-order valence-electron chi connectivity index (χ0n) is 14.6. The number of carbonyl (C=O) groups excluding carboxylic acids is 2. The minimum absolute atomic E-state index is 0.0841. The van der Waals surface area contributed by atoms with Crippen LogP contribution in [0.2, 0.25) is 0 Å². The predicted octanol–water partition coefficient (Wildman–Crippen LogP) is 2.41. The Kier molecular flexibility index (Phi) is 6.96. The summed E-state index contributed by atoms with van der Waals surface area (Å²) < 4.78 is 28.9. The maximum absolute atomic E-state index is 13.6. The average molecular weight is 361 g/mol. The van der Waals surface area contributed by atoms with E-state index in [-0.39, 0.29) is 13.2 Å². The molecule has 26 heavy (non-hydrogen) atoms. The first-order valence-corrected chi connectivity index (χ1v) is 7.90. The van der Waals surface area contributed by atoms with Crippen LogP contribution < -0.4 is 9.47 Å². The van der Waals surface area contributed by atoms with E-state index in [1.807, 2.05) is 0 Å². The Morgan fingerprint density at radius 2 is 1.65 bits per heavy atom. The molecule has 2 rings (SSSR count). The molecule has 0 unspecified atom stereocenters. The summed E-state index contributed by atoms with van der Waals surface area (Å²) in [5.74, 6) is -0.646. The largest absolute Gasteiger partial charge is 0.493 e. The summed E-state index contributed by atoms with van der Waals surface area (Å²) in [5.41, 5.74) is 0.384. The van der Waals surface area contributed by atoms with Crippen molar-refractivity contribution in [3.8, 4) is 11.5 Å². The Balaban J connectivity index is 1.77. The van der Waals surface area contributed by atoms with E-state index in [9.17, 15) is 14.0 Å². The Morgan fingerprint density at radius 1 is 1.00 bits per heavy atom. The normalized spacial score (nSPS) is 10.1. The maximum Gasteiger partial charge on any atom is 0.344 e. The number of benzene rings is 2. The van der Waals surface area contributed by atoms with E-state index in [0.717, 1.165) is 0 Å². The first-order valence-electron chi connectivity index (χ1n) is 7.90. The van der Waals surface area contributed by atoms with Crippen molar-refractivity contribution in [1.82, 2.24) is 4.90 Å². The lowest BCUT2D eigenvalue weighted by Gasteiger charge is -2.17. The van der Waals surface area contributed by atoms with E-state index in [2.05, 4.69) is 0 Å². The molecule has 2 aromatic carbocycles. The topological polar surface area (TPSA) is 65.1 Å². The Hall–Kier alpha value is -3.09. The van der Waals surface area contributed by atoms with Gasteiger partial charge in [-0.05, 0) is 18.2 Å². The number of methoxy groups -OCH3 is 1. The van der Waals surface area contributed by atoms with Crippen molar-refractivity contribution in [2.75, 3.05) is 27.4 Å². The molecule has 2 aromatic rings. The second-order valence-electron chi connectivity index (χ2n) is 5.44. The van der Waals surface area contributed by atoms with E-state index < -0.39 is 24.3 Å². The monoisotopic (exact) mass is 361 g/mol. The fourth-order valence-electron chi connectivity index (χ4n) is 2.14. The number of esters is 1. The van der Waals surface area contributed by atoms with E-state index >= 15 is 0 Å². The molecule has 0 aliphatic carbocycles. The quantitative estimate of drug-likeness (QED) is 0.676. The Labute approximate surface area is 151 Å². The van der Waals surface area contributed by atoms with Crippen molar-refractivity contribution < 1.29 is 28.2 Å². The highest BCUT2D eigenvalue weighted by molar-refractivity contribution is 5.80. The number of halogens is 1. The zero-order chi connectivity index (χ0) is 18.9. The summed E-state index contributed by atoms with van der Waals surface area (Å²) >= 11 is 0. The van der Waals surface area contributed by atoms with E-state index in [1.165, 1.54) is 25.1 Å². The molecule has 0 heterocycles. The van der Waals surface area contributed by atoms with Gasteiger partial charge in [0.2, 0.25) is 0 Å². The number of hydrogen-bond acceptors (Lipinski definition) is 5. The van der Waals surface area contributed by atoms with Gasteiger partial charge in [-0.2, -0.15) is 0 Å². The summed E-state index contributed by atoms with van der Waals surface area (Å²) in [6.07, 6.45) is 0. The number of nitrogens with zero attached hydrogens (tertiary/aromatic N) is 1. The Morgan fingerprint density at radius 3 is 2.35 bits per heavy atom. The van der Waals surface area contributed by atoms with Crippen LogP contribution in [0.1, 0.15) is 5.56 Å². The molecular formula is C19H20FNO5. The van der Waals surface area contributed by atoms with Crippen molar-refractivity contribution in [2.45, 2.75) is 6.54 Å². The van der Waals surface area contributed by atoms with Gasteiger partial charge in [-0.15, -0.1) is 0 Å². The molecule has 0 atom stereocenters. The third-order valence-corrected chi connectivity index (χ3v) is 3.56. The van der Waals surface area contributed by atoms with Gasteiger partial charge in [-0.25, -0.2) is 9.18 Å². The molecule has 0 N–H and O–H groups in total. The van der Waals surface area contributed by atoms with E-state index in [4.69, 9.17) is 14.2 Å². The van der Waals surface area contributed by atoms with Gasteiger partial charge in [0.25, 0.3) is 5.91 Å². The summed E-state index contributed by atoms with van der Waals surface area (Å²) in [5, 5.41) is 0. The maximum atomic E-state index is 13.6. The van der Waals surface area contributed by atoms with Crippen LogP contribution in [0.5, 0.6) is 11.5 Å². The molecule has 0 aliphatic heterocycles. The highest BCUT2D eigenvalue weighted by Gasteiger charge is 2.15. The van der Waals surface area contributed by atoms with Crippen LogP contribution in [0.15, 0.2) is 48.5 Å². The number of hydrogen-bond donors (Lipinski definition) is 0. The van der Waals surface area contributed by atoms with E-state index in [1.54, 1.807) is 42.5 Å². The molecule has 0 aromatic heterocycles. The standard InChI is InChI=1S/C19H20FNO5/c1-21(11-14-7-3-4-8-15(14)20)18(22)12-26-19(23)13-25-17-10-6-5-9-16(17)24-2/h3-10H,11-13H2,1-2H3. The van der Waals surface area contributed by atoms with Crippen LogP contribution in [0.4, 0.5) is 4.39 Å². The molecule has 0 spiro atoms. The number of para-hydroxylation sites is 2. The summed E-state index contributed by atoms with van der Waals surface area (Å²) in [6.45, 7) is -0.718. The predicted molar refractivity (Wildman–Crippen MR) is 92.3 cm³/mol. The minimum Gasteiger partial charge on any atom is -0.493 e. The smallest absolute Gasteiger partial charge is 0.344 e. The van der Waals surface area contributed by atoms with Crippen molar-refractivity contribution in [3.05, 3.63) is 59.9 Å². The molecule has 138 valence electrons. The third kappa shape index (κ3) is 5.47.